The molecule has 1 saturated heterocycles. The van der Waals surface area contributed by atoms with Gasteiger partial charge in [0.2, 0.25) is 0 Å². The maximum Gasteiger partial charge on any atom is 0.137 e. The molecule has 0 bridgehead atoms. The molecule has 1 unspecified atom stereocenters. The molecule has 19 heavy (non-hydrogen) atoms. The predicted octanol–water partition coefficient (Wildman–Crippen LogP) is 4.57. The van der Waals surface area contributed by atoms with E-state index in [1.807, 2.05) is 0 Å². The number of carbonyl (C=O) groups is 1. The second-order valence-corrected chi connectivity index (χ2v) is 6.06. The third-order valence-electron chi connectivity index (χ3n) is 4.37. The summed E-state index contributed by atoms with van der Waals surface area (Å²) in [6.07, 6.45) is 17.3. The first kappa shape index (κ1) is 16.7. The van der Waals surface area contributed by atoms with Crippen molar-refractivity contribution in [2.75, 3.05) is 13.1 Å². The molecule has 0 amide bonds. The zero-order chi connectivity index (χ0) is 13.8. The Kier molecular flexibility index (Phi) is 10.1. The summed E-state index contributed by atoms with van der Waals surface area (Å²) in [5.41, 5.74) is 0. The minimum Gasteiger partial charge on any atom is -0.302 e. The highest BCUT2D eigenvalue weighted by Gasteiger charge is 2.22. The van der Waals surface area contributed by atoms with E-state index in [0.29, 0.717) is 0 Å². The van der Waals surface area contributed by atoms with Crippen LogP contribution in [0.15, 0.2) is 0 Å². The summed E-state index contributed by atoms with van der Waals surface area (Å²) in [7, 11) is 0. The van der Waals surface area contributed by atoms with Crippen LogP contribution in [0.2, 0.25) is 0 Å². The molecular weight excluding hydrogens is 234 g/mol. The van der Waals surface area contributed by atoms with E-state index in [1.54, 1.807) is 0 Å². The van der Waals surface area contributed by atoms with Crippen LogP contribution in [0.5, 0.6) is 0 Å². The number of aldehydes is 1. The maximum atomic E-state index is 10.9. The van der Waals surface area contributed by atoms with Gasteiger partial charge in [-0.15, -0.1) is 0 Å². The lowest BCUT2D eigenvalue weighted by Crippen LogP contribution is -2.31. The third kappa shape index (κ3) is 7.71. The number of rotatable bonds is 12. The van der Waals surface area contributed by atoms with E-state index in [9.17, 15) is 4.79 Å². The minimum atomic E-state index is 0.235. The van der Waals surface area contributed by atoms with Gasteiger partial charge in [-0.1, -0.05) is 64.7 Å². The average molecular weight is 267 g/mol. The van der Waals surface area contributed by atoms with E-state index in [2.05, 4.69) is 11.8 Å². The Balaban J connectivity index is 1.82. The topological polar surface area (TPSA) is 20.3 Å². The highest BCUT2D eigenvalue weighted by molar-refractivity contribution is 5.58. The molecule has 0 aliphatic carbocycles. The van der Waals surface area contributed by atoms with Crippen LogP contribution < -0.4 is 0 Å². The van der Waals surface area contributed by atoms with Gasteiger partial charge in [0.1, 0.15) is 6.29 Å². The van der Waals surface area contributed by atoms with E-state index in [-0.39, 0.29) is 6.04 Å². The number of nitrogens with zero attached hydrogens (tertiary/aromatic N) is 1. The Bertz CT molecular complexity index is 217. The van der Waals surface area contributed by atoms with Gasteiger partial charge in [-0.3, -0.25) is 4.90 Å². The summed E-state index contributed by atoms with van der Waals surface area (Å²) < 4.78 is 0. The first-order chi connectivity index (χ1) is 9.38. The van der Waals surface area contributed by atoms with Crippen molar-refractivity contribution in [2.24, 2.45) is 0 Å². The summed E-state index contributed by atoms with van der Waals surface area (Å²) in [5, 5.41) is 0. The number of hydrogen-bond acceptors (Lipinski definition) is 2. The summed E-state index contributed by atoms with van der Waals surface area (Å²) in [4.78, 5) is 13.2. The molecule has 1 fully saturated rings. The molecular formula is C17H33NO. The van der Waals surface area contributed by atoms with E-state index in [1.165, 1.54) is 70.6 Å². The van der Waals surface area contributed by atoms with Crippen LogP contribution in [0.1, 0.15) is 84.0 Å². The van der Waals surface area contributed by atoms with Crippen LogP contribution in [0.3, 0.4) is 0 Å². The van der Waals surface area contributed by atoms with Crippen molar-refractivity contribution < 1.29 is 4.79 Å². The average Bonchev–Trinajstić information content (AvgIpc) is 2.88. The third-order valence-corrected chi connectivity index (χ3v) is 4.37. The highest BCUT2D eigenvalue weighted by atomic mass is 16.1. The van der Waals surface area contributed by atoms with Crippen molar-refractivity contribution in [3.8, 4) is 0 Å². The van der Waals surface area contributed by atoms with Crippen molar-refractivity contribution >= 4 is 6.29 Å². The maximum absolute atomic E-state index is 10.9. The molecule has 0 N–H and O–H groups in total. The zero-order valence-electron chi connectivity index (χ0n) is 12.9. The summed E-state index contributed by atoms with van der Waals surface area (Å²) in [6.45, 7) is 4.55. The molecule has 1 heterocycles. The molecule has 0 aromatic rings. The summed E-state index contributed by atoms with van der Waals surface area (Å²) in [6, 6.07) is 0.235. The number of likely N-dealkylation sites (tertiary alicyclic amines) is 1. The highest BCUT2D eigenvalue weighted by Crippen LogP contribution is 2.16. The van der Waals surface area contributed by atoms with Crippen LogP contribution in [-0.4, -0.2) is 30.3 Å². The summed E-state index contributed by atoms with van der Waals surface area (Å²) in [5.74, 6) is 0. The molecule has 1 aliphatic rings. The van der Waals surface area contributed by atoms with Crippen LogP contribution >= 0.6 is 0 Å². The standard InChI is InChI=1S/C17H33NO/c1-2-3-4-5-6-7-8-9-10-11-14-18-15-12-13-17(18)16-19/h16-17H,2-15H2,1H3. The minimum absolute atomic E-state index is 0.235. The van der Waals surface area contributed by atoms with Gasteiger partial charge in [0, 0.05) is 0 Å². The van der Waals surface area contributed by atoms with Crippen LogP contribution in [-0.2, 0) is 4.79 Å². The molecule has 1 atom stereocenters. The van der Waals surface area contributed by atoms with Crippen molar-refractivity contribution in [3.63, 3.8) is 0 Å². The van der Waals surface area contributed by atoms with Crippen LogP contribution in [0, 0.1) is 0 Å². The second kappa shape index (κ2) is 11.5. The number of unbranched alkanes of at least 4 members (excludes halogenated alkanes) is 9. The second-order valence-electron chi connectivity index (χ2n) is 6.06. The molecule has 1 rings (SSSR count). The lowest BCUT2D eigenvalue weighted by Gasteiger charge is -2.19. The Morgan fingerprint density at radius 3 is 2.11 bits per heavy atom. The van der Waals surface area contributed by atoms with Gasteiger partial charge < -0.3 is 4.79 Å². The Morgan fingerprint density at radius 2 is 1.53 bits per heavy atom. The van der Waals surface area contributed by atoms with Gasteiger partial charge in [0.25, 0.3) is 0 Å². The fraction of sp³-hybridized carbons (Fsp3) is 0.941. The summed E-state index contributed by atoms with van der Waals surface area (Å²) >= 11 is 0. The SMILES string of the molecule is CCCCCCCCCCCCN1CCCC1C=O. The van der Waals surface area contributed by atoms with E-state index in [0.717, 1.165) is 25.8 Å². The van der Waals surface area contributed by atoms with Crippen molar-refractivity contribution in [1.82, 2.24) is 4.90 Å². The quantitative estimate of drug-likeness (QED) is 0.381. The van der Waals surface area contributed by atoms with Gasteiger partial charge >= 0.3 is 0 Å². The van der Waals surface area contributed by atoms with Gasteiger partial charge in [0.05, 0.1) is 6.04 Å². The fourth-order valence-corrected chi connectivity index (χ4v) is 3.09. The molecule has 0 saturated carbocycles. The molecule has 2 nitrogen and oxygen atoms in total. The Morgan fingerprint density at radius 1 is 0.947 bits per heavy atom. The molecule has 0 aromatic heterocycles. The number of carbonyl (C=O) groups excluding carboxylic acids is 1. The molecule has 1 aliphatic heterocycles. The lowest BCUT2D eigenvalue weighted by atomic mass is 10.1. The predicted molar refractivity (Wildman–Crippen MR) is 82.5 cm³/mol. The molecule has 112 valence electrons. The largest absolute Gasteiger partial charge is 0.302 e. The first-order valence-corrected chi connectivity index (χ1v) is 8.58. The van der Waals surface area contributed by atoms with Crippen molar-refractivity contribution in [3.05, 3.63) is 0 Å². The van der Waals surface area contributed by atoms with E-state index < -0.39 is 0 Å². The fourth-order valence-electron chi connectivity index (χ4n) is 3.09. The molecule has 2 heteroatoms. The van der Waals surface area contributed by atoms with Gasteiger partial charge in [-0.25, -0.2) is 0 Å². The molecule has 0 radical (unpaired) electrons. The number of hydrogen-bond donors (Lipinski definition) is 0. The smallest absolute Gasteiger partial charge is 0.137 e. The van der Waals surface area contributed by atoms with Crippen LogP contribution in [0.25, 0.3) is 0 Å². The monoisotopic (exact) mass is 267 g/mol. The van der Waals surface area contributed by atoms with Crippen LogP contribution in [0.4, 0.5) is 0 Å². The van der Waals surface area contributed by atoms with Gasteiger partial charge in [-0.2, -0.15) is 0 Å². The van der Waals surface area contributed by atoms with E-state index >= 15 is 0 Å². The lowest BCUT2D eigenvalue weighted by molar-refractivity contribution is -0.111. The van der Waals surface area contributed by atoms with Gasteiger partial charge in [-0.05, 0) is 32.4 Å². The van der Waals surface area contributed by atoms with Crippen molar-refractivity contribution in [1.29, 1.82) is 0 Å². The first-order valence-electron chi connectivity index (χ1n) is 8.58. The molecule has 0 aromatic carbocycles. The van der Waals surface area contributed by atoms with Gasteiger partial charge in [0.15, 0.2) is 0 Å². The Hall–Kier alpha value is -0.370. The molecule has 0 spiro atoms. The normalized spacial score (nSPS) is 19.9. The zero-order valence-corrected chi connectivity index (χ0v) is 12.9. The van der Waals surface area contributed by atoms with E-state index in [4.69, 9.17) is 0 Å². The van der Waals surface area contributed by atoms with Crippen molar-refractivity contribution in [2.45, 2.75) is 90.0 Å². The Labute approximate surface area is 119 Å².